The predicted molar refractivity (Wildman–Crippen MR) is 104 cm³/mol. The standard InChI is InChI=1S/C21H26N2O2/c1-3-25-20-13-8-7-10-18(20)14-15-21(24)22-16-9-17-23(2)19-11-5-4-6-12-19/h4-8,10-15H,3,9,16-17H2,1-2H3,(H,22,24)/b15-14+. The first-order chi connectivity index (χ1) is 12.2. The molecule has 132 valence electrons. The zero-order valence-electron chi connectivity index (χ0n) is 14.9. The minimum Gasteiger partial charge on any atom is -0.493 e. The Kier molecular flexibility index (Phi) is 7.57. The van der Waals surface area contributed by atoms with E-state index in [0.29, 0.717) is 13.2 Å². The first kappa shape index (κ1) is 18.6. The number of anilines is 1. The highest BCUT2D eigenvalue weighted by Crippen LogP contribution is 2.19. The normalized spacial score (nSPS) is 10.6. The van der Waals surface area contributed by atoms with Gasteiger partial charge >= 0.3 is 0 Å². The average Bonchev–Trinajstić information content (AvgIpc) is 2.65. The van der Waals surface area contributed by atoms with Crippen molar-refractivity contribution in [3.63, 3.8) is 0 Å². The summed E-state index contributed by atoms with van der Waals surface area (Å²) >= 11 is 0. The molecule has 0 spiro atoms. The average molecular weight is 338 g/mol. The van der Waals surface area contributed by atoms with E-state index in [1.165, 1.54) is 5.69 Å². The van der Waals surface area contributed by atoms with E-state index in [2.05, 4.69) is 29.4 Å². The second-order valence-electron chi connectivity index (χ2n) is 5.71. The molecule has 4 nitrogen and oxygen atoms in total. The molecule has 0 bridgehead atoms. The summed E-state index contributed by atoms with van der Waals surface area (Å²) in [7, 11) is 2.06. The fourth-order valence-electron chi connectivity index (χ4n) is 2.47. The lowest BCUT2D eigenvalue weighted by Gasteiger charge is -2.19. The van der Waals surface area contributed by atoms with Crippen molar-refractivity contribution < 1.29 is 9.53 Å². The second kappa shape index (κ2) is 10.2. The van der Waals surface area contributed by atoms with E-state index < -0.39 is 0 Å². The van der Waals surface area contributed by atoms with E-state index in [1.54, 1.807) is 12.2 Å². The third kappa shape index (κ3) is 6.34. The lowest BCUT2D eigenvalue weighted by molar-refractivity contribution is -0.116. The monoisotopic (exact) mass is 338 g/mol. The Bertz CT molecular complexity index is 683. The summed E-state index contributed by atoms with van der Waals surface area (Å²) in [6.07, 6.45) is 4.23. The van der Waals surface area contributed by atoms with Crippen molar-refractivity contribution in [3.05, 3.63) is 66.2 Å². The number of hydrogen-bond donors (Lipinski definition) is 1. The minimum absolute atomic E-state index is 0.0892. The maximum atomic E-state index is 11.9. The van der Waals surface area contributed by atoms with Gasteiger partial charge in [0.15, 0.2) is 0 Å². The van der Waals surface area contributed by atoms with E-state index >= 15 is 0 Å². The smallest absolute Gasteiger partial charge is 0.244 e. The van der Waals surface area contributed by atoms with Gasteiger partial charge in [0.05, 0.1) is 6.61 Å². The zero-order chi connectivity index (χ0) is 17.9. The SMILES string of the molecule is CCOc1ccccc1/C=C/C(=O)NCCCN(C)c1ccccc1. The highest BCUT2D eigenvalue weighted by atomic mass is 16.5. The fourth-order valence-corrected chi connectivity index (χ4v) is 2.47. The maximum absolute atomic E-state index is 11.9. The summed E-state index contributed by atoms with van der Waals surface area (Å²) in [5.41, 5.74) is 2.09. The van der Waals surface area contributed by atoms with Crippen molar-refractivity contribution in [2.24, 2.45) is 0 Å². The molecule has 0 unspecified atom stereocenters. The van der Waals surface area contributed by atoms with Crippen LogP contribution in [0.3, 0.4) is 0 Å². The summed E-state index contributed by atoms with van der Waals surface area (Å²) in [5.74, 6) is 0.701. The van der Waals surface area contributed by atoms with Gasteiger partial charge in [0.1, 0.15) is 5.75 Å². The van der Waals surface area contributed by atoms with Gasteiger partial charge in [0, 0.05) is 37.5 Å². The zero-order valence-corrected chi connectivity index (χ0v) is 14.9. The molecule has 25 heavy (non-hydrogen) atoms. The molecule has 0 aliphatic heterocycles. The minimum atomic E-state index is -0.0892. The van der Waals surface area contributed by atoms with Crippen molar-refractivity contribution in [1.29, 1.82) is 0 Å². The van der Waals surface area contributed by atoms with Gasteiger partial charge in [-0.3, -0.25) is 4.79 Å². The molecule has 0 aliphatic carbocycles. The van der Waals surface area contributed by atoms with Crippen molar-refractivity contribution in [2.75, 3.05) is 31.6 Å². The van der Waals surface area contributed by atoms with Crippen LogP contribution in [-0.2, 0) is 4.79 Å². The molecule has 0 aromatic heterocycles. The van der Waals surface area contributed by atoms with Crippen LogP contribution in [-0.4, -0.2) is 32.7 Å². The Morgan fingerprint density at radius 3 is 2.60 bits per heavy atom. The molecule has 1 N–H and O–H groups in total. The topological polar surface area (TPSA) is 41.6 Å². The quantitative estimate of drug-likeness (QED) is 0.559. The Balaban J connectivity index is 1.74. The molecule has 4 heteroatoms. The molecule has 0 saturated carbocycles. The van der Waals surface area contributed by atoms with Crippen LogP contribution in [0.5, 0.6) is 5.75 Å². The van der Waals surface area contributed by atoms with Gasteiger partial charge in [0.2, 0.25) is 5.91 Å². The van der Waals surface area contributed by atoms with E-state index in [9.17, 15) is 4.79 Å². The van der Waals surface area contributed by atoms with Crippen molar-refractivity contribution in [1.82, 2.24) is 5.32 Å². The van der Waals surface area contributed by atoms with Gasteiger partial charge in [0.25, 0.3) is 0 Å². The number of carbonyl (C=O) groups excluding carboxylic acids is 1. The molecule has 1 amide bonds. The first-order valence-corrected chi connectivity index (χ1v) is 8.64. The molecular formula is C21H26N2O2. The summed E-state index contributed by atoms with van der Waals surface area (Å²) in [6.45, 7) is 4.08. The van der Waals surface area contributed by atoms with Crippen LogP contribution >= 0.6 is 0 Å². The van der Waals surface area contributed by atoms with Crippen LogP contribution in [0.4, 0.5) is 5.69 Å². The molecule has 0 atom stereocenters. The molecule has 0 heterocycles. The summed E-state index contributed by atoms with van der Waals surface area (Å²) < 4.78 is 5.55. The van der Waals surface area contributed by atoms with Crippen LogP contribution in [0.2, 0.25) is 0 Å². The van der Waals surface area contributed by atoms with Crippen molar-refractivity contribution >= 4 is 17.7 Å². The Labute approximate surface area is 150 Å². The summed E-state index contributed by atoms with van der Waals surface area (Å²) in [4.78, 5) is 14.1. The van der Waals surface area contributed by atoms with E-state index in [4.69, 9.17) is 4.74 Å². The third-order valence-corrected chi connectivity index (χ3v) is 3.80. The fraction of sp³-hybridized carbons (Fsp3) is 0.286. The van der Waals surface area contributed by atoms with Crippen LogP contribution in [0.15, 0.2) is 60.7 Å². The number of benzene rings is 2. The third-order valence-electron chi connectivity index (χ3n) is 3.80. The lowest BCUT2D eigenvalue weighted by atomic mass is 10.2. The van der Waals surface area contributed by atoms with Gasteiger partial charge < -0.3 is 15.0 Å². The molecule has 2 aromatic carbocycles. The first-order valence-electron chi connectivity index (χ1n) is 8.64. The number of ether oxygens (including phenoxy) is 1. The predicted octanol–water partition coefficient (Wildman–Crippen LogP) is 3.74. The molecule has 0 saturated heterocycles. The molecule has 0 aliphatic rings. The molecule has 0 radical (unpaired) electrons. The summed E-state index contributed by atoms with van der Waals surface area (Å²) in [6, 6.07) is 17.9. The second-order valence-corrected chi connectivity index (χ2v) is 5.71. The molecule has 2 aromatic rings. The highest BCUT2D eigenvalue weighted by molar-refractivity contribution is 5.92. The Hall–Kier alpha value is -2.75. The Morgan fingerprint density at radius 1 is 1.12 bits per heavy atom. The van der Waals surface area contributed by atoms with Crippen LogP contribution in [0.25, 0.3) is 6.08 Å². The van der Waals surface area contributed by atoms with Crippen LogP contribution in [0.1, 0.15) is 18.9 Å². The maximum Gasteiger partial charge on any atom is 0.244 e. The number of amides is 1. The number of hydrogen-bond acceptors (Lipinski definition) is 3. The largest absolute Gasteiger partial charge is 0.493 e. The Morgan fingerprint density at radius 2 is 1.84 bits per heavy atom. The van der Waals surface area contributed by atoms with Crippen LogP contribution < -0.4 is 15.0 Å². The number of nitrogens with zero attached hydrogens (tertiary/aromatic N) is 1. The van der Waals surface area contributed by atoms with Gasteiger partial charge in [-0.25, -0.2) is 0 Å². The van der Waals surface area contributed by atoms with Crippen molar-refractivity contribution in [3.8, 4) is 5.75 Å². The summed E-state index contributed by atoms with van der Waals surface area (Å²) in [5, 5.41) is 2.92. The number of nitrogens with one attached hydrogen (secondary N) is 1. The van der Waals surface area contributed by atoms with E-state index in [0.717, 1.165) is 24.3 Å². The number of rotatable bonds is 9. The van der Waals surface area contributed by atoms with Gasteiger partial charge in [-0.15, -0.1) is 0 Å². The van der Waals surface area contributed by atoms with Gasteiger partial charge in [-0.2, -0.15) is 0 Å². The van der Waals surface area contributed by atoms with Gasteiger partial charge in [-0.05, 0) is 37.6 Å². The van der Waals surface area contributed by atoms with Crippen LogP contribution in [0, 0.1) is 0 Å². The van der Waals surface area contributed by atoms with E-state index in [-0.39, 0.29) is 5.91 Å². The molecular weight excluding hydrogens is 312 g/mol. The lowest BCUT2D eigenvalue weighted by Crippen LogP contribution is -2.26. The molecule has 0 fully saturated rings. The highest BCUT2D eigenvalue weighted by Gasteiger charge is 2.02. The van der Waals surface area contributed by atoms with Gasteiger partial charge in [-0.1, -0.05) is 36.4 Å². The van der Waals surface area contributed by atoms with Crippen molar-refractivity contribution in [2.45, 2.75) is 13.3 Å². The number of para-hydroxylation sites is 2. The number of carbonyl (C=O) groups is 1. The molecule has 2 rings (SSSR count). The van der Waals surface area contributed by atoms with E-state index in [1.807, 2.05) is 49.4 Å².